The molecule has 0 aliphatic heterocycles. The molecular weight excluding hydrogens is 158 g/mol. The van der Waals surface area contributed by atoms with Gasteiger partial charge in [-0.25, -0.2) is 0 Å². The van der Waals surface area contributed by atoms with E-state index in [0.29, 0.717) is 0 Å². The van der Waals surface area contributed by atoms with E-state index in [1.54, 1.807) is 4.90 Å². The first-order valence-corrected chi connectivity index (χ1v) is 5.18. The fraction of sp³-hybridized carbons (Fsp3) is 0.500. The molecule has 0 aliphatic rings. The quantitative estimate of drug-likeness (QED) is 0.697. The molecule has 1 rings (SSSR count). The second kappa shape index (κ2) is 5.76. The highest BCUT2D eigenvalue weighted by Crippen LogP contribution is 1.94. The minimum atomic E-state index is 1.15. The highest BCUT2D eigenvalue weighted by Gasteiger charge is 2.01. The summed E-state index contributed by atoms with van der Waals surface area (Å²) < 4.78 is 0. The SMILES string of the molecule is CCCC[NH+](C)Cc1ccccc1. The predicted molar refractivity (Wildman–Crippen MR) is 56.8 cm³/mol. The lowest BCUT2D eigenvalue weighted by atomic mass is 10.2. The molecule has 1 nitrogen and oxygen atoms in total. The van der Waals surface area contributed by atoms with E-state index in [1.165, 1.54) is 24.9 Å². The molecule has 0 saturated carbocycles. The van der Waals surface area contributed by atoms with Gasteiger partial charge >= 0.3 is 0 Å². The van der Waals surface area contributed by atoms with Crippen LogP contribution in [0.15, 0.2) is 30.3 Å². The molecule has 13 heavy (non-hydrogen) atoms. The minimum Gasteiger partial charge on any atom is -0.334 e. The van der Waals surface area contributed by atoms with Crippen molar-refractivity contribution < 1.29 is 4.90 Å². The Balaban J connectivity index is 2.32. The second-order valence-electron chi connectivity index (χ2n) is 3.72. The van der Waals surface area contributed by atoms with Gasteiger partial charge in [-0.3, -0.25) is 0 Å². The Morgan fingerprint density at radius 3 is 2.46 bits per heavy atom. The molecular formula is C12H20N+. The number of hydrogen-bond acceptors (Lipinski definition) is 0. The van der Waals surface area contributed by atoms with E-state index in [9.17, 15) is 0 Å². The van der Waals surface area contributed by atoms with Gasteiger partial charge in [-0.2, -0.15) is 0 Å². The normalized spacial score (nSPS) is 12.8. The van der Waals surface area contributed by atoms with Gasteiger partial charge < -0.3 is 4.90 Å². The standard InChI is InChI=1S/C12H19N/c1-3-4-10-13(2)11-12-8-6-5-7-9-12/h5-9H,3-4,10-11H2,1-2H3/p+1. The molecule has 1 atom stereocenters. The summed E-state index contributed by atoms with van der Waals surface area (Å²) in [5.74, 6) is 0. The van der Waals surface area contributed by atoms with Gasteiger partial charge in [0, 0.05) is 5.56 Å². The summed E-state index contributed by atoms with van der Waals surface area (Å²) in [6.07, 6.45) is 2.63. The molecule has 0 aromatic heterocycles. The molecule has 1 aromatic carbocycles. The zero-order chi connectivity index (χ0) is 9.52. The molecule has 0 amide bonds. The van der Waals surface area contributed by atoms with E-state index in [0.717, 1.165) is 6.54 Å². The van der Waals surface area contributed by atoms with Crippen molar-refractivity contribution in [2.45, 2.75) is 26.3 Å². The Kier molecular flexibility index (Phi) is 4.55. The average Bonchev–Trinajstić information content (AvgIpc) is 2.16. The van der Waals surface area contributed by atoms with Gasteiger partial charge in [-0.15, -0.1) is 0 Å². The summed E-state index contributed by atoms with van der Waals surface area (Å²) >= 11 is 0. The Labute approximate surface area is 81.4 Å². The molecule has 0 spiro atoms. The molecule has 0 fully saturated rings. The zero-order valence-corrected chi connectivity index (χ0v) is 8.72. The third kappa shape index (κ3) is 4.09. The van der Waals surface area contributed by atoms with Gasteiger partial charge in [0.15, 0.2) is 0 Å². The monoisotopic (exact) mass is 178 g/mol. The van der Waals surface area contributed by atoms with Crippen molar-refractivity contribution in [3.8, 4) is 0 Å². The fourth-order valence-corrected chi connectivity index (χ4v) is 1.51. The third-order valence-electron chi connectivity index (χ3n) is 2.31. The second-order valence-corrected chi connectivity index (χ2v) is 3.72. The van der Waals surface area contributed by atoms with Crippen molar-refractivity contribution in [3.63, 3.8) is 0 Å². The van der Waals surface area contributed by atoms with Crippen molar-refractivity contribution in [2.24, 2.45) is 0 Å². The lowest BCUT2D eigenvalue weighted by Gasteiger charge is -2.13. The number of quaternary nitrogens is 1. The maximum atomic E-state index is 2.27. The summed E-state index contributed by atoms with van der Waals surface area (Å²) in [7, 11) is 2.27. The van der Waals surface area contributed by atoms with Crippen molar-refractivity contribution >= 4 is 0 Å². The number of hydrogen-bond donors (Lipinski definition) is 1. The van der Waals surface area contributed by atoms with Crippen LogP contribution in [0.4, 0.5) is 0 Å². The molecule has 1 aromatic rings. The summed E-state index contributed by atoms with van der Waals surface area (Å²) in [6, 6.07) is 10.7. The molecule has 1 heteroatoms. The Hall–Kier alpha value is -0.820. The number of unbranched alkanes of at least 4 members (excludes halogenated alkanes) is 1. The number of nitrogens with one attached hydrogen (secondary N) is 1. The van der Waals surface area contributed by atoms with Crippen molar-refractivity contribution in [2.75, 3.05) is 13.6 Å². The van der Waals surface area contributed by atoms with Gasteiger partial charge in [-0.1, -0.05) is 43.7 Å². The maximum Gasteiger partial charge on any atom is 0.103 e. The minimum absolute atomic E-state index is 1.15. The van der Waals surface area contributed by atoms with Crippen LogP contribution in [0.5, 0.6) is 0 Å². The summed E-state index contributed by atoms with van der Waals surface area (Å²) in [5.41, 5.74) is 1.44. The van der Waals surface area contributed by atoms with Gasteiger partial charge in [0.25, 0.3) is 0 Å². The van der Waals surface area contributed by atoms with Crippen LogP contribution in [0.1, 0.15) is 25.3 Å². The van der Waals surface area contributed by atoms with E-state index in [-0.39, 0.29) is 0 Å². The van der Waals surface area contributed by atoms with Gasteiger partial charge in [0.05, 0.1) is 13.6 Å². The summed E-state index contributed by atoms with van der Waals surface area (Å²) in [5, 5.41) is 0. The van der Waals surface area contributed by atoms with E-state index in [2.05, 4.69) is 44.3 Å². The van der Waals surface area contributed by atoms with Crippen LogP contribution in [0.3, 0.4) is 0 Å². The van der Waals surface area contributed by atoms with Crippen LogP contribution in [0.25, 0.3) is 0 Å². The lowest BCUT2D eigenvalue weighted by molar-refractivity contribution is -0.894. The van der Waals surface area contributed by atoms with E-state index in [4.69, 9.17) is 0 Å². The van der Waals surface area contributed by atoms with Crippen LogP contribution >= 0.6 is 0 Å². The van der Waals surface area contributed by atoms with Gasteiger partial charge in [0.2, 0.25) is 0 Å². The average molecular weight is 178 g/mol. The Bertz CT molecular complexity index is 218. The maximum absolute atomic E-state index is 2.27. The predicted octanol–water partition coefficient (Wildman–Crippen LogP) is 1.50. The van der Waals surface area contributed by atoms with Crippen molar-refractivity contribution in [1.29, 1.82) is 0 Å². The molecule has 1 N–H and O–H groups in total. The number of benzene rings is 1. The molecule has 0 heterocycles. The molecule has 0 bridgehead atoms. The largest absolute Gasteiger partial charge is 0.334 e. The summed E-state index contributed by atoms with van der Waals surface area (Å²) in [6.45, 7) is 4.68. The highest BCUT2D eigenvalue weighted by molar-refractivity contribution is 5.13. The van der Waals surface area contributed by atoms with E-state index in [1.807, 2.05) is 0 Å². The first kappa shape index (κ1) is 10.3. The summed E-state index contributed by atoms with van der Waals surface area (Å²) in [4.78, 5) is 1.60. The van der Waals surface area contributed by atoms with Crippen LogP contribution < -0.4 is 4.90 Å². The Morgan fingerprint density at radius 2 is 1.85 bits per heavy atom. The molecule has 1 unspecified atom stereocenters. The molecule has 72 valence electrons. The number of rotatable bonds is 5. The van der Waals surface area contributed by atoms with Crippen molar-refractivity contribution in [3.05, 3.63) is 35.9 Å². The van der Waals surface area contributed by atoms with E-state index >= 15 is 0 Å². The fourth-order valence-electron chi connectivity index (χ4n) is 1.51. The molecule has 0 radical (unpaired) electrons. The Morgan fingerprint density at radius 1 is 1.15 bits per heavy atom. The first-order chi connectivity index (χ1) is 6.33. The van der Waals surface area contributed by atoms with E-state index < -0.39 is 0 Å². The van der Waals surface area contributed by atoms with Crippen molar-refractivity contribution in [1.82, 2.24) is 0 Å². The highest BCUT2D eigenvalue weighted by atomic mass is 15.1. The van der Waals surface area contributed by atoms with Gasteiger partial charge in [0.1, 0.15) is 6.54 Å². The van der Waals surface area contributed by atoms with Gasteiger partial charge in [-0.05, 0) is 6.42 Å². The molecule has 0 saturated heterocycles. The van der Waals surface area contributed by atoms with Crippen LogP contribution in [-0.4, -0.2) is 13.6 Å². The van der Waals surface area contributed by atoms with Crippen LogP contribution in [0.2, 0.25) is 0 Å². The molecule has 0 aliphatic carbocycles. The zero-order valence-electron chi connectivity index (χ0n) is 8.72. The lowest BCUT2D eigenvalue weighted by Crippen LogP contribution is -3.07. The van der Waals surface area contributed by atoms with Crippen LogP contribution in [-0.2, 0) is 6.54 Å². The first-order valence-electron chi connectivity index (χ1n) is 5.18. The third-order valence-corrected chi connectivity index (χ3v) is 2.31. The topological polar surface area (TPSA) is 4.44 Å². The van der Waals surface area contributed by atoms with Crippen LogP contribution in [0, 0.1) is 0 Å². The smallest absolute Gasteiger partial charge is 0.103 e.